The first kappa shape index (κ1) is 19.5. The molecule has 0 radical (unpaired) electrons. The molecule has 1 aromatic heterocycles. The van der Waals surface area contributed by atoms with E-state index in [0.29, 0.717) is 28.8 Å². The lowest BCUT2D eigenvalue weighted by Gasteiger charge is -2.27. The van der Waals surface area contributed by atoms with Gasteiger partial charge in [-0.2, -0.15) is 0 Å². The monoisotopic (exact) mass is 447 g/mol. The molecule has 2 aliphatic heterocycles. The molecule has 2 atom stereocenters. The maximum absolute atomic E-state index is 13.8. The van der Waals surface area contributed by atoms with Crippen molar-refractivity contribution in [1.29, 1.82) is 0 Å². The van der Waals surface area contributed by atoms with Crippen molar-refractivity contribution < 1.29 is 18.3 Å². The molecule has 2 aliphatic rings. The van der Waals surface area contributed by atoms with Gasteiger partial charge in [0.25, 0.3) is 5.91 Å². The zero-order valence-corrected chi connectivity index (χ0v) is 17.2. The van der Waals surface area contributed by atoms with Crippen molar-refractivity contribution in [2.45, 2.75) is 25.0 Å². The number of benzene rings is 2. The molecule has 3 heterocycles. The molecule has 2 unspecified atom stereocenters. The molecule has 8 heteroatoms. The van der Waals surface area contributed by atoms with Crippen LogP contribution in [0.15, 0.2) is 45.6 Å². The third-order valence-electron chi connectivity index (χ3n) is 5.61. The Kier molecular flexibility index (Phi) is 4.81. The molecule has 30 heavy (non-hydrogen) atoms. The number of ether oxygens (including phenoxy) is 1. The lowest BCUT2D eigenvalue weighted by Crippen LogP contribution is -2.36. The molecule has 0 bridgehead atoms. The van der Waals surface area contributed by atoms with E-state index in [1.165, 1.54) is 12.1 Å². The molecule has 0 saturated carbocycles. The second-order valence-corrected chi connectivity index (χ2v) is 8.30. The van der Waals surface area contributed by atoms with Crippen LogP contribution >= 0.6 is 23.2 Å². The van der Waals surface area contributed by atoms with Gasteiger partial charge in [-0.3, -0.25) is 9.59 Å². The van der Waals surface area contributed by atoms with Crippen LogP contribution in [0.3, 0.4) is 0 Å². The van der Waals surface area contributed by atoms with Gasteiger partial charge in [-0.15, -0.1) is 0 Å². The first-order valence-corrected chi connectivity index (χ1v) is 10.3. The van der Waals surface area contributed by atoms with E-state index in [1.807, 2.05) is 0 Å². The van der Waals surface area contributed by atoms with Crippen molar-refractivity contribution in [3.63, 3.8) is 0 Å². The van der Waals surface area contributed by atoms with Crippen LogP contribution in [0, 0.1) is 5.82 Å². The Morgan fingerprint density at radius 3 is 2.67 bits per heavy atom. The van der Waals surface area contributed by atoms with Gasteiger partial charge in [-0.25, -0.2) is 4.39 Å². The number of carbonyl (C=O) groups is 1. The Labute approximate surface area is 180 Å². The van der Waals surface area contributed by atoms with E-state index in [4.69, 9.17) is 32.4 Å². The minimum Gasteiger partial charge on any atom is -0.450 e. The number of hydrogen-bond donors (Lipinski definition) is 0. The summed E-state index contributed by atoms with van der Waals surface area (Å²) in [5.74, 6) is -0.991. The molecule has 5 rings (SSSR count). The fraction of sp³-hybridized carbons (Fsp3) is 0.273. The topological polar surface area (TPSA) is 59.8 Å². The third-order valence-corrected chi connectivity index (χ3v) is 6.35. The van der Waals surface area contributed by atoms with Crippen molar-refractivity contribution in [3.05, 3.63) is 79.4 Å². The summed E-state index contributed by atoms with van der Waals surface area (Å²) in [6.45, 7) is 0.940. The standard InChI is InChI=1S/C22H16Cl2FNO4/c23-15-5-3-11(8-16(15)24)19-18-20(27)14-9-12(25)4-6-17(14)30-21(18)22(28)26(19)10-13-2-1-7-29-13/h3-6,8-9,13,19H,1-2,7,10H2. The van der Waals surface area contributed by atoms with E-state index >= 15 is 0 Å². The Balaban J connectivity index is 1.72. The lowest BCUT2D eigenvalue weighted by atomic mass is 9.98. The summed E-state index contributed by atoms with van der Waals surface area (Å²) in [4.78, 5) is 28.2. The molecule has 5 nitrogen and oxygen atoms in total. The fourth-order valence-corrected chi connectivity index (χ4v) is 4.52. The van der Waals surface area contributed by atoms with Gasteiger partial charge >= 0.3 is 0 Å². The summed E-state index contributed by atoms with van der Waals surface area (Å²) < 4.78 is 25.3. The highest BCUT2D eigenvalue weighted by Gasteiger charge is 2.44. The fourth-order valence-electron chi connectivity index (χ4n) is 4.22. The number of fused-ring (bicyclic) bond motifs is 2. The van der Waals surface area contributed by atoms with Crippen molar-refractivity contribution in [3.8, 4) is 0 Å². The van der Waals surface area contributed by atoms with Crippen molar-refractivity contribution in [1.82, 2.24) is 4.90 Å². The number of carbonyl (C=O) groups excluding carboxylic acids is 1. The van der Waals surface area contributed by atoms with Gasteiger partial charge in [0.1, 0.15) is 11.4 Å². The van der Waals surface area contributed by atoms with Gasteiger partial charge < -0.3 is 14.1 Å². The maximum Gasteiger partial charge on any atom is 0.291 e. The molecule has 154 valence electrons. The zero-order chi connectivity index (χ0) is 21.0. The quantitative estimate of drug-likeness (QED) is 0.568. The largest absolute Gasteiger partial charge is 0.450 e. The van der Waals surface area contributed by atoms with Gasteiger partial charge in [0.15, 0.2) is 5.43 Å². The zero-order valence-electron chi connectivity index (χ0n) is 15.7. The maximum atomic E-state index is 13.8. The smallest absolute Gasteiger partial charge is 0.291 e. The highest BCUT2D eigenvalue weighted by atomic mass is 35.5. The average Bonchev–Trinajstić information content (AvgIpc) is 3.33. The van der Waals surface area contributed by atoms with Gasteiger partial charge in [-0.05, 0) is 48.7 Å². The van der Waals surface area contributed by atoms with Crippen LogP contribution in [0.4, 0.5) is 4.39 Å². The second kappa shape index (κ2) is 7.38. The van der Waals surface area contributed by atoms with Gasteiger partial charge in [-0.1, -0.05) is 29.3 Å². The van der Waals surface area contributed by atoms with E-state index in [-0.39, 0.29) is 28.4 Å². The number of amides is 1. The van der Waals surface area contributed by atoms with Crippen LogP contribution in [-0.4, -0.2) is 30.1 Å². The van der Waals surface area contributed by atoms with Crippen LogP contribution < -0.4 is 5.43 Å². The molecule has 1 fully saturated rings. The Bertz CT molecular complexity index is 1240. The minimum absolute atomic E-state index is 0.0341. The molecule has 0 spiro atoms. The lowest BCUT2D eigenvalue weighted by molar-refractivity contribution is 0.0486. The molecule has 0 N–H and O–H groups in total. The highest BCUT2D eigenvalue weighted by molar-refractivity contribution is 6.42. The Morgan fingerprint density at radius 2 is 1.93 bits per heavy atom. The number of hydrogen-bond acceptors (Lipinski definition) is 4. The number of rotatable bonds is 3. The van der Waals surface area contributed by atoms with Gasteiger partial charge in [0, 0.05) is 13.2 Å². The molecule has 1 saturated heterocycles. The summed E-state index contributed by atoms with van der Waals surface area (Å²) in [6.07, 6.45) is 1.61. The summed E-state index contributed by atoms with van der Waals surface area (Å²) >= 11 is 12.3. The van der Waals surface area contributed by atoms with E-state index in [2.05, 4.69) is 0 Å². The van der Waals surface area contributed by atoms with E-state index in [1.54, 1.807) is 23.1 Å². The van der Waals surface area contributed by atoms with E-state index in [9.17, 15) is 14.0 Å². The summed E-state index contributed by atoms with van der Waals surface area (Å²) in [7, 11) is 0. The van der Waals surface area contributed by atoms with Crippen molar-refractivity contribution >= 4 is 40.1 Å². The highest BCUT2D eigenvalue weighted by Crippen LogP contribution is 2.40. The molecule has 1 amide bonds. The van der Waals surface area contributed by atoms with Crippen LogP contribution in [0.5, 0.6) is 0 Å². The number of halogens is 3. The van der Waals surface area contributed by atoms with Gasteiger partial charge in [0.05, 0.1) is 33.1 Å². The molecule has 0 aliphatic carbocycles. The molecular formula is C22H16Cl2FNO4. The van der Waals surface area contributed by atoms with Crippen LogP contribution in [0.2, 0.25) is 10.0 Å². The first-order valence-electron chi connectivity index (χ1n) is 9.58. The summed E-state index contributed by atoms with van der Waals surface area (Å²) in [6, 6.07) is 7.92. The third kappa shape index (κ3) is 3.11. The van der Waals surface area contributed by atoms with Gasteiger partial charge in [0.2, 0.25) is 5.76 Å². The number of nitrogens with zero attached hydrogens (tertiary/aromatic N) is 1. The summed E-state index contributed by atoms with van der Waals surface area (Å²) in [5, 5.41) is 0.761. The predicted octanol–water partition coefficient (Wildman–Crippen LogP) is 4.96. The molecule has 3 aromatic rings. The van der Waals surface area contributed by atoms with Crippen LogP contribution in [-0.2, 0) is 4.74 Å². The Hall–Kier alpha value is -2.41. The molecule has 2 aromatic carbocycles. The van der Waals surface area contributed by atoms with Crippen LogP contribution in [0.1, 0.15) is 40.6 Å². The molecular weight excluding hydrogens is 432 g/mol. The van der Waals surface area contributed by atoms with Crippen molar-refractivity contribution in [2.75, 3.05) is 13.2 Å². The van der Waals surface area contributed by atoms with Crippen molar-refractivity contribution in [2.24, 2.45) is 0 Å². The average molecular weight is 448 g/mol. The normalized spacial score (nSPS) is 20.9. The first-order chi connectivity index (χ1) is 14.4. The minimum atomic E-state index is -0.726. The Morgan fingerprint density at radius 1 is 1.10 bits per heavy atom. The predicted molar refractivity (Wildman–Crippen MR) is 111 cm³/mol. The summed E-state index contributed by atoms with van der Waals surface area (Å²) in [5.41, 5.74) is 0.525. The SMILES string of the molecule is O=C1c2oc3ccc(F)cc3c(=O)c2C(c2ccc(Cl)c(Cl)c2)N1CC1CCCO1. The van der Waals surface area contributed by atoms with E-state index < -0.39 is 23.2 Å². The van der Waals surface area contributed by atoms with Crippen LogP contribution in [0.25, 0.3) is 11.0 Å². The second-order valence-electron chi connectivity index (χ2n) is 7.48. The van der Waals surface area contributed by atoms with E-state index in [0.717, 1.165) is 18.9 Å².